The number of anilines is 2. The first kappa shape index (κ1) is 18.3. The van der Waals surface area contributed by atoms with Crippen LogP contribution in [-0.2, 0) is 0 Å². The number of benzene rings is 2. The molecule has 1 saturated carbocycles. The highest BCUT2D eigenvalue weighted by Gasteiger charge is 2.33. The van der Waals surface area contributed by atoms with E-state index in [9.17, 15) is 0 Å². The molecule has 2 aromatic rings. The van der Waals surface area contributed by atoms with Crippen molar-refractivity contribution in [2.75, 3.05) is 23.1 Å². The lowest BCUT2D eigenvalue weighted by Crippen LogP contribution is -2.61. The van der Waals surface area contributed by atoms with Crippen LogP contribution < -0.4 is 9.80 Å². The molecular weight excluding hydrogens is 350 g/mol. The summed E-state index contributed by atoms with van der Waals surface area (Å²) in [5, 5.41) is 0.981. The van der Waals surface area contributed by atoms with E-state index in [0.717, 1.165) is 18.4 Å². The number of thiocarbonyl (C=S) groups is 1. The predicted octanol–water partition coefficient (Wildman–Crippen LogP) is 5.46. The molecule has 0 spiro atoms. The first-order valence-corrected chi connectivity index (χ1v) is 10.5. The monoisotopic (exact) mass is 379 g/mol. The molecule has 0 atom stereocenters. The molecule has 1 aliphatic heterocycles. The van der Waals surface area contributed by atoms with E-state index in [1.54, 1.807) is 0 Å². The fourth-order valence-corrected chi connectivity index (χ4v) is 4.55. The van der Waals surface area contributed by atoms with Gasteiger partial charge in [-0.05, 0) is 63.2 Å². The Kier molecular flexibility index (Phi) is 5.35. The van der Waals surface area contributed by atoms with Crippen molar-refractivity contribution < 1.29 is 0 Å². The number of hydrogen-bond donors (Lipinski definition) is 0. The average molecular weight is 380 g/mol. The molecule has 4 heteroatoms. The van der Waals surface area contributed by atoms with Crippen molar-refractivity contribution in [3.05, 3.63) is 59.7 Å². The van der Waals surface area contributed by atoms with Crippen LogP contribution in [0.4, 0.5) is 11.4 Å². The second kappa shape index (κ2) is 7.89. The summed E-state index contributed by atoms with van der Waals surface area (Å²) in [6.07, 6.45) is 6.51. The summed E-state index contributed by atoms with van der Waals surface area (Å²) in [5.74, 6) is 0. The Morgan fingerprint density at radius 2 is 1.30 bits per heavy atom. The van der Waals surface area contributed by atoms with Gasteiger partial charge in [0.05, 0.1) is 13.3 Å². The van der Waals surface area contributed by atoms with Gasteiger partial charge in [0.1, 0.15) is 0 Å². The Morgan fingerprint density at radius 3 is 1.89 bits per heavy atom. The van der Waals surface area contributed by atoms with Crippen molar-refractivity contribution in [1.29, 1.82) is 0 Å². The van der Waals surface area contributed by atoms with Crippen LogP contribution >= 0.6 is 12.2 Å². The molecule has 0 radical (unpaired) electrons. The molecule has 2 aliphatic rings. The Bertz CT molecular complexity index is 778. The second-order valence-corrected chi connectivity index (χ2v) is 8.33. The van der Waals surface area contributed by atoms with Crippen LogP contribution in [0.5, 0.6) is 0 Å². The summed E-state index contributed by atoms with van der Waals surface area (Å²) in [7, 11) is 0. The molecule has 2 aromatic carbocycles. The fourth-order valence-electron chi connectivity index (χ4n) is 4.18. The first-order valence-electron chi connectivity index (χ1n) is 10.1. The van der Waals surface area contributed by atoms with Crippen molar-refractivity contribution >= 4 is 28.7 Å². The lowest BCUT2D eigenvalue weighted by atomic mass is 9.94. The Balaban J connectivity index is 1.65. The minimum Gasteiger partial charge on any atom is -0.336 e. The lowest BCUT2D eigenvalue weighted by Gasteiger charge is -2.49. The van der Waals surface area contributed by atoms with Crippen molar-refractivity contribution in [3.8, 4) is 0 Å². The third-order valence-electron chi connectivity index (χ3n) is 5.87. The highest BCUT2D eigenvalue weighted by Crippen LogP contribution is 2.30. The van der Waals surface area contributed by atoms with Gasteiger partial charge >= 0.3 is 0 Å². The summed E-state index contributed by atoms with van der Waals surface area (Å²) in [5.41, 5.74) is 5.02. The highest BCUT2D eigenvalue weighted by atomic mass is 32.1. The van der Waals surface area contributed by atoms with Crippen molar-refractivity contribution in [2.45, 2.75) is 52.0 Å². The van der Waals surface area contributed by atoms with E-state index in [-0.39, 0.29) is 0 Å². The van der Waals surface area contributed by atoms with E-state index in [1.165, 1.54) is 54.6 Å². The summed E-state index contributed by atoms with van der Waals surface area (Å²) in [4.78, 5) is 7.22. The van der Waals surface area contributed by atoms with Gasteiger partial charge in [-0.25, -0.2) is 0 Å². The number of rotatable bonds is 3. The molecule has 1 aliphatic carbocycles. The molecule has 4 rings (SSSR count). The standard InChI is InChI=1S/C23H29N3S/c1-18-8-12-20(13-9-18)24-16-25(21-6-4-3-5-7-21)23(27)26(17-24)22-14-10-19(2)11-15-22/h8-15,21H,3-7,16-17H2,1-2H3. The van der Waals surface area contributed by atoms with E-state index in [4.69, 9.17) is 12.2 Å². The smallest absolute Gasteiger partial charge is 0.179 e. The Hall–Kier alpha value is -2.07. The van der Waals surface area contributed by atoms with Gasteiger partial charge in [0.2, 0.25) is 0 Å². The van der Waals surface area contributed by atoms with Gasteiger partial charge in [-0.3, -0.25) is 0 Å². The Labute approximate surface area is 168 Å². The molecule has 0 amide bonds. The molecule has 0 aromatic heterocycles. The molecule has 0 unspecified atom stereocenters. The van der Waals surface area contributed by atoms with Crippen LogP contribution in [0.15, 0.2) is 48.5 Å². The normalized spacial score (nSPS) is 18.9. The van der Waals surface area contributed by atoms with E-state index in [1.807, 2.05) is 0 Å². The van der Waals surface area contributed by atoms with E-state index < -0.39 is 0 Å². The lowest BCUT2D eigenvalue weighted by molar-refractivity contribution is 0.234. The third-order valence-corrected chi connectivity index (χ3v) is 6.33. The van der Waals surface area contributed by atoms with Gasteiger partial charge in [-0.1, -0.05) is 54.7 Å². The number of hydrogen-bond acceptors (Lipinski definition) is 2. The minimum absolute atomic E-state index is 0.562. The quantitative estimate of drug-likeness (QED) is 0.654. The average Bonchev–Trinajstić information content (AvgIpc) is 2.70. The Morgan fingerprint density at radius 1 is 0.741 bits per heavy atom. The zero-order chi connectivity index (χ0) is 18.8. The van der Waals surface area contributed by atoms with Gasteiger partial charge in [-0.15, -0.1) is 0 Å². The molecule has 0 bridgehead atoms. The zero-order valence-corrected chi connectivity index (χ0v) is 17.2. The van der Waals surface area contributed by atoms with E-state index in [2.05, 4.69) is 77.1 Å². The van der Waals surface area contributed by atoms with Gasteiger partial charge in [-0.2, -0.15) is 0 Å². The van der Waals surface area contributed by atoms with Gasteiger partial charge in [0, 0.05) is 17.4 Å². The fraction of sp³-hybridized carbons (Fsp3) is 0.435. The molecule has 1 heterocycles. The maximum atomic E-state index is 5.99. The van der Waals surface area contributed by atoms with Gasteiger partial charge in [0.15, 0.2) is 5.11 Å². The summed E-state index contributed by atoms with van der Waals surface area (Å²) >= 11 is 5.99. The topological polar surface area (TPSA) is 9.72 Å². The van der Waals surface area contributed by atoms with Crippen LogP contribution in [0.3, 0.4) is 0 Å². The highest BCUT2D eigenvalue weighted by molar-refractivity contribution is 7.80. The van der Waals surface area contributed by atoms with Crippen molar-refractivity contribution in [3.63, 3.8) is 0 Å². The molecule has 0 N–H and O–H groups in total. The van der Waals surface area contributed by atoms with Crippen molar-refractivity contribution in [2.24, 2.45) is 0 Å². The van der Waals surface area contributed by atoms with Gasteiger partial charge in [0.25, 0.3) is 0 Å². The van der Waals surface area contributed by atoms with Crippen LogP contribution in [0, 0.1) is 13.8 Å². The minimum atomic E-state index is 0.562. The molecule has 27 heavy (non-hydrogen) atoms. The molecule has 2 fully saturated rings. The van der Waals surface area contributed by atoms with E-state index >= 15 is 0 Å². The second-order valence-electron chi connectivity index (χ2n) is 7.97. The summed E-state index contributed by atoms with van der Waals surface area (Å²) in [6.45, 7) is 5.95. The maximum absolute atomic E-state index is 5.99. The SMILES string of the molecule is Cc1ccc(N2CN(c3ccc(C)cc3)C(=S)N(C3CCCCC3)C2)cc1. The summed E-state index contributed by atoms with van der Waals surface area (Å²) in [6, 6.07) is 18.2. The number of aryl methyl sites for hydroxylation is 2. The largest absolute Gasteiger partial charge is 0.336 e. The van der Waals surface area contributed by atoms with Crippen LogP contribution in [0.2, 0.25) is 0 Å². The first-order chi connectivity index (χ1) is 13.1. The summed E-state index contributed by atoms with van der Waals surface area (Å²) < 4.78 is 0. The van der Waals surface area contributed by atoms with Crippen molar-refractivity contribution in [1.82, 2.24) is 4.90 Å². The molecule has 1 saturated heterocycles. The van der Waals surface area contributed by atoms with Crippen LogP contribution in [0.25, 0.3) is 0 Å². The zero-order valence-electron chi connectivity index (χ0n) is 16.4. The van der Waals surface area contributed by atoms with Crippen LogP contribution in [-0.4, -0.2) is 29.4 Å². The molecular formula is C23H29N3S. The predicted molar refractivity (Wildman–Crippen MR) is 118 cm³/mol. The maximum Gasteiger partial charge on any atom is 0.179 e. The molecule has 142 valence electrons. The van der Waals surface area contributed by atoms with Crippen LogP contribution in [0.1, 0.15) is 43.2 Å². The van der Waals surface area contributed by atoms with Gasteiger partial charge < -0.3 is 14.7 Å². The van der Waals surface area contributed by atoms with E-state index in [0.29, 0.717) is 6.04 Å². The molecule has 3 nitrogen and oxygen atoms in total. The third kappa shape index (κ3) is 3.96. The number of nitrogens with zero attached hydrogens (tertiary/aromatic N) is 3.